The van der Waals surface area contributed by atoms with Gasteiger partial charge in [0.05, 0.1) is 6.04 Å². The van der Waals surface area contributed by atoms with Gasteiger partial charge in [-0.1, -0.05) is 61.2 Å². The van der Waals surface area contributed by atoms with Gasteiger partial charge in [-0.2, -0.15) is 0 Å². The molecule has 0 radical (unpaired) electrons. The Balaban J connectivity index is 1.39. The first-order valence-corrected chi connectivity index (χ1v) is 10.7. The molecule has 2 bridgehead atoms. The van der Waals surface area contributed by atoms with Crippen LogP contribution >= 0.6 is 0 Å². The fraction of sp³-hybridized carbons (Fsp3) is 0.400. The molecule has 2 aromatic carbocycles. The van der Waals surface area contributed by atoms with Gasteiger partial charge in [0, 0.05) is 19.0 Å². The molecule has 0 unspecified atom stereocenters. The van der Waals surface area contributed by atoms with Gasteiger partial charge in [-0.3, -0.25) is 4.90 Å². The number of rotatable bonds is 3. The Bertz CT molecular complexity index is 902. The van der Waals surface area contributed by atoms with Crippen LogP contribution in [0, 0.1) is 11.8 Å². The van der Waals surface area contributed by atoms with E-state index in [0.29, 0.717) is 18.2 Å². The molecule has 3 fully saturated rings. The predicted molar refractivity (Wildman–Crippen MR) is 113 cm³/mol. The number of ether oxygens (including phenoxy) is 1. The van der Waals surface area contributed by atoms with Crippen LogP contribution in [0.3, 0.4) is 0 Å². The van der Waals surface area contributed by atoms with E-state index in [-0.39, 0.29) is 18.1 Å². The molecule has 4 aliphatic rings. The van der Waals surface area contributed by atoms with Crippen LogP contribution in [0.4, 0.5) is 4.79 Å². The molecule has 4 heteroatoms. The van der Waals surface area contributed by atoms with Crippen molar-refractivity contribution < 1.29 is 9.53 Å². The second kappa shape index (κ2) is 7.68. The molecule has 6 rings (SSSR count). The fourth-order valence-electron chi connectivity index (χ4n) is 5.33. The fourth-order valence-corrected chi connectivity index (χ4v) is 5.33. The summed E-state index contributed by atoms with van der Waals surface area (Å²) < 4.78 is 5.91. The van der Waals surface area contributed by atoms with E-state index in [1.54, 1.807) is 0 Å². The highest BCUT2D eigenvalue weighted by molar-refractivity contribution is 5.71. The lowest BCUT2D eigenvalue weighted by atomic mass is 9.78. The minimum Gasteiger partial charge on any atom is -0.415 e. The molecule has 0 N–H and O–H groups in total. The maximum absolute atomic E-state index is 13.3. The second-order valence-corrected chi connectivity index (χ2v) is 8.53. The number of hydrogen-bond donors (Lipinski definition) is 0. The highest BCUT2D eigenvalue weighted by Crippen LogP contribution is 2.38. The molecule has 3 saturated heterocycles. The lowest BCUT2D eigenvalue weighted by molar-refractivity contribution is 0.0355. The normalized spacial score (nSPS) is 27.9. The van der Waals surface area contributed by atoms with E-state index in [0.717, 1.165) is 18.5 Å². The Morgan fingerprint density at radius 1 is 0.966 bits per heavy atom. The van der Waals surface area contributed by atoms with Crippen molar-refractivity contribution in [2.24, 2.45) is 11.8 Å². The number of amides is 1. The third-order valence-corrected chi connectivity index (χ3v) is 6.92. The summed E-state index contributed by atoms with van der Waals surface area (Å²) in [6.45, 7) is 8.14. The van der Waals surface area contributed by atoms with Crippen molar-refractivity contribution in [3.63, 3.8) is 0 Å². The van der Waals surface area contributed by atoms with Crippen LogP contribution in [0.25, 0.3) is 0 Å². The van der Waals surface area contributed by atoms with E-state index in [9.17, 15) is 4.79 Å². The molecule has 0 spiro atoms. The number of nitrogens with zero attached hydrogens (tertiary/aromatic N) is 2. The standard InChI is InChI=1S/C25H28N2O2/c1-18(23-17-26-14-11-20(23)12-15-26)29-25(28)27-16-13-19-7-5-6-10-22(19)24(27)21-8-3-2-4-9-21/h2-10,20,23-24H,1,11-17H2/t23-,24-/m1/s1. The van der Waals surface area contributed by atoms with Gasteiger partial charge in [0.25, 0.3) is 0 Å². The third kappa shape index (κ3) is 3.46. The van der Waals surface area contributed by atoms with Crippen molar-refractivity contribution in [2.75, 3.05) is 26.2 Å². The molecule has 4 nitrogen and oxygen atoms in total. The third-order valence-electron chi connectivity index (χ3n) is 6.92. The summed E-state index contributed by atoms with van der Waals surface area (Å²) in [5, 5.41) is 0. The Labute approximate surface area is 172 Å². The SMILES string of the molecule is C=C(OC(=O)N1CCc2ccccc2[C@H]1c1ccccc1)[C@H]1CN2CCC1CC2. The Morgan fingerprint density at radius 2 is 1.69 bits per heavy atom. The maximum atomic E-state index is 13.3. The van der Waals surface area contributed by atoms with Gasteiger partial charge in [-0.25, -0.2) is 4.79 Å². The average molecular weight is 389 g/mol. The zero-order chi connectivity index (χ0) is 19.8. The summed E-state index contributed by atoms with van der Waals surface area (Å²) in [7, 11) is 0. The number of benzene rings is 2. The lowest BCUT2D eigenvalue weighted by Gasteiger charge is -2.45. The first-order valence-electron chi connectivity index (χ1n) is 10.7. The molecule has 2 atom stereocenters. The molecule has 0 aromatic heterocycles. The van der Waals surface area contributed by atoms with Crippen molar-refractivity contribution in [2.45, 2.75) is 25.3 Å². The molecule has 4 aliphatic heterocycles. The molecule has 29 heavy (non-hydrogen) atoms. The van der Waals surface area contributed by atoms with Crippen LogP contribution in [-0.2, 0) is 11.2 Å². The van der Waals surface area contributed by atoms with E-state index in [2.05, 4.69) is 47.9 Å². The smallest absolute Gasteiger partial charge is 0.415 e. The minimum atomic E-state index is -0.269. The van der Waals surface area contributed by atoms with Gasteiger partial charge in [0.1, 0.15) is 5.76 Å². The highest BCUT2D eigenvalue weighted by atomic mass is 16.6. The van der Waals surface area contributed by atoms with Crippen molar-refractivity contribution in [3.8, 4) is 0 Å². The van der Waals surface area contributed by atoms with Crippen molar-refractivity contribution >= 4 is 6.09 Å². The summed E-state index contributed by atoms with van der Waals surface area (Å²) >= 11 is 0. The van der Waals surface area contributed by atoms with Gasteiger partial charge in [0.15, 0.2) is 0 Å². The van der Waals surface area contributed by atoms with E-state index < -0.39 is 0 Å². The van der Waals surface area contributed by atoms with Crippen molar-refractivity contribution in [3.05, 3.63) is 83.6 Å². The minimum absolute atomic E-state index is 0.118. The molecule has 2 aromatic rings. The molecule has 0 aliphatic carbocycles. The summed E-state index contributed by atoms with van der Waals surface area (Å²) in [6, 6.07) is 18.6. The molecule has 0 saturated carbocycles. The van der Waals surface area contributed by atoms with Gasteiger partial charge in [-0.15, -0.1) is 0 Å². The number of hydrogen-bond acceptors (Lipinski definition) is 3. The van der Waals surface area contributed by atoms with E-state index in [4.69, 9.17) is 4.74 Å². The van der Waals surface area contributed by atoms with Gasteiger partial charge < -0.3 is 9.64 Å². The number of carbonyl (C=O) groups is 1. The number of carbonyl (C=O) groups excluding carboxylic acids is 1. The molecule has 150 valence electrons. The molecular formula is C25H28N2O2. The largest absolute Gasteiger partial charge is 0.415 e. The van der Waals surface area contributed by atoms with Crippen LogP contribution in [0.2, 0.25) is 0 Å². The van der Waals surface area contributed by atoms with Gasteiger partial charge in [0.2, 0.25) is 0 Å². The Morgan fingerprint density at radius 3 is 2.41 bits per heavy atom. The van der Waals surface area contributed by atoms with Crippen LogP contribution < -0.4 is 0 Å². The van der Waals surface area contributed by atoms with Crippen LogP contribution in [0.1, 0.15) is 35.6 Å². The summed E-state index contributed by atoms with van der Waals surface area (Å²) in [4.78, 5) is 17.6. The predicted octanol–water partition coefficient (Wildman–Crippen LogP) is 4.63. The Hall–Kier alpha value is -2.59. The zero-order valence-electron chi connectivity index (χ0n) is 16.8. The maximum Gasteiger partial charge on any atom is 0.415 e. The van der Waals surface area contributed by atoms with Crippen LogP contribution in [0.5, 0.6) is 0 Å². The quantitative estimate of drug-likeness (QED) is 0.719. The van der Waals surface area contributed by atoms with Crippen molar-refractivity contribution in [1.29, 1.82) is 0 Å². The second-order valence-electron chi connectivity index (χ2n) is 8.53. The number of piperidine rings is 3. The first-order chi connectivity index (χ1) is 14.2. The highest BCUT2D eigenvalue weighted by Gasteiger charge is 2.39. The van der Waals surface area contributed by atoms with Gasteiger partial charge in [-0.05, 0) is 55.0 Å². The summed E-state index contributed by atoms with van der Waals surface area (Å²) in [5.74, 6) is 1.52. The lowest BCUT2D eigenvalue weighted by Crippen LogP contribution is -2.48. The molecule has 1 amide bonds. The zero-order valence-corrected chi connectivity index (χ0v) is 16.8. The summed E-state index contributed by atoms with van der Waals surface area (Å²) in [5.41, 5.74) is 3.61. The van der Waals surface area contributed by atoms with Crippen LogP contribution in [0.15, 0.2) is 66.9 Å². The molecule has 4 heterocycles. The number of fused-ring (bicyclic) bond motifs is 4. The molecular weight excluding hydrogens is 360 g/mol. The van der Waals surface area contributed by atoms with Crippen LogP contribution in [-0.4, -0.2) is 42.1 Å². The van der Waals surface area contributed by atoms with Gasteiger partial charge >= 0.3 is 6.09 Å². The first kappa shape index (κ1) is 18.4. The van der Waals surface area contributed by atoms with E-state index >= 15 is 0 Å². The summed E-state index contributed by atoms with van der Waals surface area (Å²) in [6.07, 6.45) is 2.95. The van der Waals surface area contributed by atoms with Crippen molar-refractivity contribution in [1.82, 2.24) is 9.80 Å². The average Bonchev–Trinajstić information content (AvgIpc) is 2.79. The van der Waals surface area contributed by atoms with E-state index in [1.807, 2.05) is 23.1 Å². The monoisotopic (exact) mass is 388 g/mol. The van der Waals surface area contributed by atoms with E-state index in [1.165, 1.54) is 37.1 Å². The Kier molecular flexibility index (Phi) is 4.88. The topological polar surface area (TPSA) is 32.8 Å².